The van der Waals surface area contributed by atoms with Crippen LogP contribution in [0.2, 0.25) is 15.1 Å². The predicted octanol–water partition coefficient (Wildman–Crippen LogP) is 7.75. The van der Waals surface area contributed by atoms with Crippen LogP contribution in [0.15, 0.2) is 53.0 Å². The van der Waals surface area contributed by atoms with Gasteiger partial charge >= 0.3 is 0 Å². The van der Waals surface area contributed by atoms with E-state index in [0.717, 1.165) is 15.7 Å². The van der Waals surface area contributed by atoms with Crippen LogP contribution in [-0.4, -0.2) is 7.11 Å². The second-order valence-corrected chi connectivity index (χ2v) is 8.10. The molecule has 0 heterocycles. The molecule has 3 aromatic rings. The number of nitrogens with one attached hydrogen (secondary N) is 1. The summed E-state index contributed by atoms with van der Waals surface area (Å²) in [4.78, 5) is 0. The SMILES string of the molecule is COc1ccc(Br)c(CNc2ccc(Cl)c(Cl)c2)c1OCc1c(F)cccc1Cl. The zero-order chi connectivity index (χ0) is 21.0. The lowest BCUT2D eigenvalue weighted by Crippen LogP contribution is -2.07. The maximum Gasteiger partial charge on any atom is 0.167 e. The van der Waals surface area contributed by atoms with E-state index in [9.17, 15) is 4.39 Å². The lowest BCUT2D eigenvalue weighted by Gasteiger charge is -2.18. The smallest absolute Gasteiger partial charge is 0.167 e. The highest BCUT2D eigenvalue weighted by Gasteiger charge is 2.17. The fraction of sp³-hybridized carbons (Fsp3) is 0.143. The van der Waals surface area contributed by atoms with Crippen molar-refractivity contribution in [1.82, 2.24) is 0 Å². The van der Waals surface area contributed by atoms with E-state index >= 15 is 0 Å². The minimum atomic E-state index is -0.429. The Hall–Kier alpha value is -1.66. The number of hydrogen-bond acceptors (Lipinski definition) is 3. The summed E-state index contributed by atoms with van der Waals surface area (Å²) < 4.78 is 26.3. The Morgan fingerprint density at radius 1 is 0.966 bits per heavy atom. The summed E-state index contributed by atoms with van der Waals surface area (Å²) in [5.74, 6) is 0.572. The number of hydrogen-bond donors (Lipinski definition) is 1. The Morgan fingerprint density at radius 3 is 2.45 bits per heavy atom. The molecule has 0 unspecified atom stereocenters. The van der Waals surface area contributed by atoms with Gasteiger partial charge in [0.2, 0.25) is 0 Å². The van der Waals surface area contributed by atoms with Gasteiger partial charge in [0, 0.05) is 27.8 Å². The van der Waals surface area contributed by atoms with Gasteiger partial charge in [-0.25, -0.2) is 4.39 Å². The Labute approximate surface area is 191 Å². The van der Waals surface area contributed by atoms with Crippen LogP contribution in [0.1, 0.15) is 11.1 Å². The van der Waals surface area contributed by atoms with Gasteiger partial charge in [-0.05, 0) is 42.5 Å². The average molecular weight is 520 g/mol. The summed E-state index contributed by atoms with van der Waals surface area (Å²) in [5.41, 5.74) is 1.86. The van der Waals surface area contributed by atoms with Gasteiger partial charge in [-0.15, -0.1) is 0 Å². The lowest BCUT2D eigenvalue weighted by molar-refractivity contribution is 0.277. The number of rotatable bonds is 7. The van der Waals surface area contributed by atoms with Gasteiger partial charge in [0.1, 0.15) is 12.4 Å². The fourth-order valence-corrected chi connectivity index (χ4v) is 3.65. The van der Waals surface area contributed by atoms with Gasteiger partial charge < -0.3 is 14.8 Å². The molecule has 0 saturated heterocycles. The van der Waals surface area contributed by atoms with Gasteiger partial charge in [-0.1, -0.05) is 56.8 Å². The Kier molecular flexibility index (Phi) is 7.52. The van der Waals surface area contributed by atoms with E-state index in [1.165, 1.54) is 6.07 Å². The van der Waals surface area contributed by atoms with Gasteiger partial charge in [-0.3, -0.25) is 0 Å². The number of halogens is 5. The monoisotopic (exact) mass is 517 g/mol. The summed E-state index contributed by atoms with van der Waals surface area (Å²) in [6.45, 7) is 0.355. The molecule has 3 nitrogen and oxygen atoms in total. The molecule has 0 bridgehead atoms. The van der Waals surface area contributed by atoms with Crippen molar-refractivity contribution in [3.8, 4) is 11.5 Å². The van der Waals surface area contributed by atoms with E-state index < -0.39 is 5.82 Å². The van der Waals surface area contributed by atoms with E-state index in [1.807, 2.05) is 12.1 Å². The predicted molar refractivity (Wildman–Crippen MR) is 120 cm³/mol. The van der Waals surface area contributed by atoms with Crippen molar-refractivity contribution >= 4 is 56.4 Å². The maximum atomic E-state index is 14.1. The minimum Gasteiger partial charge on any atom is -0.493 e. The van der Waals surface area contributed by atoms with Crippen LogP contribution >= 0.6 is 50.7 Å². The number of ether oxygens (including phenoxy) is 2. The Morgan fingerprint density at radius 2 is 1.76 bits per heavy atom. The second kappa shape index (κ2) is 9.90. The van der Waals surface area contributed by atoms with Crippen LogP contribution in [0.3, 0.4) is 0 Å². The molecule has 0 atom stereocenters. The number of benzene rings is 3. The van der Waals surface area contributed by atoms with E-state index in [0.29, 0.717) is 33.1 Å². The van der Waals surface area contributed by atoms with Gasteiger partial charge in [0.05, 0.1) is 22.2 Å². The summed E-state index contributed by atoms with van der Waals surface area (Å²) in [7, 11) is 1.54. The van der Waals surface area contributed by atoms with Crippen molar-refractivity contribution in [2.24, 2.45) is 0 Å². The highest BCUT2D eigenvalue weighted by atomic mass is 79.9. The first-order valence-electron chi connectivity index (χ1n) is 8.50. The van der Waals surface area contributed by atoms with Crippen molar-refractivity contribution in [2.45, 2.75) is 13.2 Å². The highest BCUT2D eigenvalue weighted by Crippen LogP contribution is 2.38. The minimum absolute atomic E-state index is 0.0436. The van der Waals surface area contributed by atoms with E-state index in [1.54, 1.807) is 37.4 Å². The average Bonchev–Trinajstić information content (AvgIpc) is 2.69. The second-order valence-electron chi connectivity index (χ2n) is 6.03. The molecule has 1 N–H and O–H groups in total. The van der Waals surface area contributed by atoms with Crippen LogP contribution < -0.4 is 14.8 Å². The normalized spacial score (nSPS) is 10.7. The van der Waals surface area contributed by atoms with E-state index in [4.69, 9.17) is 44.3 Å². The van der Waals surface area contributed by atoms with Crippen molar-refractivity contribution in [3.05, 3.63) is 85.0 Å². The number of anilines is 1. The highest BCUT2D eigenvalue weighted by molar-refractivity contribution is 9.10. The van der Waals surface area contributed by atoms with Gasteiger partial charge in [-0.2, -0.15) is 0 Å². The van der Waals surface area contributed by atoms with Gasteiger partial charge in [0.25, 0.3) is 0 Å². The summed E-state index contributed by atoms with van der Waals surface area (Å²) in [6, 6.07) is 13.4. The van der Waals surface area contributed by atoms with Gasteiger partial charge in [0.15, 0.2) is 11.5 Å². The van der Waals surface area contributed by atoms with Crippen LogP contribution in [0.25, 0.3) is 0 Å². The first kappa shape index (κ1) is 22.0. The molecule has 0 amide bonds. The van der Waals surface area contributed by atoms with E-state index in [-0.39, 0.29) is 12.2 Å². The van der Waals surface area contributed by atoms with Crippen molar-refractivity contribution in [1.29, 1.82) is 0 Å². The zero-order valence-electron chi connectivity index (χ0n) is 15.2. The molecule has 3 aromatic carbocycles. The molecule has 0 spiro atoms. The maximum absolute atomic E-state index is 14.1. The molecule has 0 saturated carbocycles. The molecule has 0 radical (unpaired) electrons. The van der Waals surface area contributed by atoms with Crippen molar-refractivity contribution in [2.75, 3.05) is 12.4 Å². The Balaban J connectivity index is 1.87. The molecule has 8 heteroatoms. The zero-order valence-corrected chi connectivity index (χ0v) is 19.1. The molecular formula is C21H16BrCl3FNO2. The van der Waals surface area contributed by atoms with E-state index in [2.05, 4.69) is 21.2 Å². The fourth-order valence-electron chi connectivity index (χ4n) is 2.68. The first-order chi connectivity index (χ1) is 13.9. The molecule has 3 rings (SSSR count). The van der Waals surface area contributed by atoms with Crippen molar-refractivity contribution in [3.63, 3.8) is 0 Å². The molecule has 29 heavy (non-hydrogen) atoms. The van der Waals surface area contributed by atoms with Crippen LogP contribution in [-0.2, 0) is 13.2 Å². The quantitative estimate of drug-likeness (QED) is 0.346. The molecule has 152 valence electrons. The molecular weight excluding hydrogens is 503 g/mol. The standard InChI is InChI=1S/C21H16BrCl3FNO2/c1-28-20-8-6-15(22)13(10-27-12-5-7-17(24)18(25)9-12)21(20)29-11-14-16(23)3-2-4-19(14)26/h2-9,27H,10-11H2,1H3. The third kappa shape index (κ3) is 5.28. The summed E-state index contributed by atoms with van der Waals surface area (Å²) in [6.07, 6.45) is 0. The topological polar surface area (TPSA) is 30.5 Å². The van der Waals surface area contributed by atoms with Crippen LogP contribution in [0.5, 0.6) is 11.5 Å². The molecule has 0 aliphatic rings. The van der Waals surface area contributed by atoms with Crippen LogP contribution in [0, 0.1) is 5.82 Å². The largest absolute Gasteiger partial charge is 0.493 e. The molecule has 0 aromatic heterocycles. The third-order valence-corrected chi connectivity index (χ3v) is 6.03. The summed E-state index contributed by atoms with van der Waals surface area (Å²) >= 11 is 21.7. The molecule has 0 aliphatic carbocycles. The molecule has 0 fully saturated rings. The summed E-state index contributed by atoms with van der Waals surface area (Å²) in [5, 5.41) is 4.50. The Bertz CT molecular complexity index is 1010. The first-order valence-corrected chi connectivity index (χ1v) is 10.4. The lowest BCUT2D eigenvalue weighted by atomic mass is 10.1. The molecule has 0 aliphatic heterocycles. The van der Waals surface area contributed by atoms with Crippen LogP contribution in [0.4, 0.5) is 10.1 Å². The van der Waals surface area contributed by atoms with Crippen molar-refractivity contribution < 1.29 is 13.9 Å². The third-order valence-electron chi connectivity index (χ3n) is 4.20. The number of methoxy groups -OCH3 is 1.